The first-order valence-corrected chi connectivity index (χ1v) is 10.8. The molecule has 2 heterocycles. The molecule has 0 N–H and O–H groups in total. The maximum absolute atomic E-state index is 11.8. The molecular formula is C18H23N3O4S. The van der Waals surface area contributed by atoms with Gasteiger partial charge in [0.15, 0.2) is 0 Å². The van der Waals surface area contributed by atoms with Gasteiger partial charge in [-0.25, -0.2) is 8.42 Å². The maximum atomic E-state index is 11.8. The number of ether oxygens (including phenoxy) is 1. The Labute approximate surface area is 153 Å². The van der Waals surface area contributed by atoms with Crippen LogP contribution in [0.5, 0.6) is 0 Å². The van der Waals surface area contributed by atoms with Crippen LogP contribution in [0.25, 0.3) is 0 Å². The van der Waals surface area contributed by atoms with Gasteiger partial charge < -0.3 is 9.15 Å². The Kier molecular flexibility index (Phi) is 4.58. The minimum Gasteiger partial charge on any atom is -0.422 e. The van der Waals surface area contributed by atoms with E-state index in [0.29, 0.717) is 24.9 Å². The topological polar surface area (TPSA) is 85.5 Å². The largest absolute Gasteiger partial charge is 0.422 e. The van der Waals surface area contributed by atoms with Crippen molar-refractivity contribution in [1.29, 1.82) is 0 Å². The molecule has 26 heavy (non-hydrogen) atoms. The van der Waals surface area contributed by atoms with Gasteiger partial charge in [0.25, 0.3) is 0 Å². The molecule has 0 radical (unpaired) electrons. The Morgan fingerprint density at radius 2 is 2.00 bits per heavy atom. The van der Waals surface area contributed by atoms with Gasteiger partial charge in [0, 0.05) is 13.1 Å². The Morgan fingerprint density at radius 3 is 2.65 bits per heavy atom. The smallest absolute Gasteiger partial charge is 0.246 e. The second-order valence-electron chi connectivity index (χ2n) is 7.22. The molecule has 0 amide bonds. The Hall–Kier alpha value is -1.77. The molecule has 1 atom stereocenters. The quantitative estimate of drug-likeness (QED) is 0.793. The van der Waals surface area contributed by atoms with Crippen molar-refractivity contribution in [1.82, 2.24) is 14.5 Å². The maximum Gasteiger partial charge on any atom is 0.246 e. The summed E-state index contributed by atoms with van der Waals surface area (Å²) < 4.78 is 36.7. The third-order valence-corrected chi connectivity index (χ3v) is 6.63. The lowest BCUT2D eigenvalue weighted by atomic mass is 9.65. The molecular weight excluding hydrogens is 354 g/mol. The average molecular weight is 377 g/mol. The fraction of sp³-hybridized carbons (Fsp3) is 0.556. The number of morpholine rings is 1. The lowest BCUT2D eigenvalue weighted by Gasteiger charge is -2.38. The molecule has 140 valence electrons. The Balaban J connectivity index is 1.53. The van der Waals surface area contributed by atoms with Crippen molar-refractivity contribution in [2.24, 2.45) is 0 Å². The van der Waals surface area contributed by atoms with Gasteiger partial charge in [-0.1, -0.05) is 36.8 Å². The highest BCUT2D eigenvalue weighted by Crippen LogP contribution is 2.46. The summed E-state index contributed by atoms with van der Waals surface area (Å²) >= 11 is 0. The van der Waals surface area contributed by atoms with E-state index in [1.807, 2.05) is 18.2 Å². The van der Waals surface area contributed by atoms with Gasteiger partial charge in [-0.05, 0) is 24.8 Å². The number of hydrogen-bond acceptors (Lipinski definition) is 6. The fourth-order valence-electron chi connectivity index (χ4n) is 3.71. The number of sulfonamides is 1. The normalized spacial score (nSPS) is 23.5. The molecule has 4 rings (SSSR count). The van der Waals surface area contributed by atoms with Crippen LogP contribution in [0, 0.1) is 0 Å². The molecule has 0 bridgehead atoms. The van der Waals surface area contributed by atoms with Crippen LogP contribution in [-0.2, 0) is 26.6 Å². The zero-order valence-electron chi connectivity index (χ0n) is 14.8. The van der Waals surface area contributed by atoms with Gasteiger partial charge in [0.1, 0.15) is 6.10 Å². The van der Waals surface area contributed by atoms with Crippen LogP contribution in [0.2, 0.25) is 0 Å². The van der Waals surface area contributed by atoms with Crippen molar-refractivity contribution < 1.29 is 17.6 Å². The summed E-state index contributed by atoms with van der Waals surface area (Å²) in [6.45, 7) is 0.894. The molecule has 1 aliphatic heterocycles. The van der Waals surface area contributed by atoms with E-state index < -0.39 is 16.1 Å². The van der Waals surface area contributed by atoms with Crippen LogP contribution in [-0.4, -0.2) is 48.9 Å². The minimum atomic E-state index is -3.26. The van der Waals surface area contributed by atoms with Crippen LogP contribution in [0.4, 0.5) is 0 Å². The summed E-state index contributed by atoms with van der Waals surface area (Å²) in [4.78, 5) is 0. The number of benzene rings is 1. The third kappa shape index (κ3) is 3.41. The predicted octanol–water partition coefficient (Wildman–Crippen LogP) is 2.07. The summed E-state index contributed by atoms with van der Waals surface area (Å²) in [5, 5.41) is 8.49. The number of hydrogen-bond donors (Lipinski definition) is 0. The number of aromatic nitrogens is 2. The average Bonchev–Trinajstić information content (AvgIpc) is 3.09. The molecule has 1 saturated carbocycles. The zero-order valence-corrected chi connectivity index (χ0v) is 15.6. The SMILES string of the molecule is CS(=O)(=O)N1CCO[C@@H](c2nnc(C3(Cc4ccccc4)CCC3)o2)C1. The van der Waals surface area contributed by atoms with Crippen molar-refractivity contribution in [3.05, 3.63) is 47.7 Å². The van der Waals surface area contributed by atoms with E-state index in [1.54, 1.807) is 0 Å². The Bertz CT molecular complexity index is 862. The Morgan fingerprint density at radius 1 is 1.23 bits per heavy atom. The highest BCUT2D eigenvalue weighted by molar-refractivity contribution is 7.88. The van der Waals surface area contributed by atoms with E-state index in [2.05, 4.69) is 22.3 Å². The third-order valence-electron chi connectivity index (χ3n) is 5.36. The summed E-state index contributed by atoms with van der Waals surface area (Å²) in [7, 11) is -3.26. The molecule has 1 saturated heterocycles. The lowest BCUT2D eigenvalue weighted by molar-refractivity contribution is -0.0187. The molecule has 2 aliphatic rings. The molecule has 1 aromatic carbocycles. The molecule has 1 aromatic heterocycles. The van der Waals surface area contributed by atoms with Crippen molar-refractivity contribution in [3.8, 4) is 0 Å². The second kappa shape index (κ2) is 6.75. The summed E-state index contributed by atoms with van der Waals surface area (Å²) in [6, 6.07) is 10.3. The first-order chi connectivity index (χ1) is 12.5. The van der Waals surface area contributed by atoms with Crippen molar-refractivity contribution in [3.63, 3.8) is 0 Å². The summed E-state index contributed by atoms with van der Waals surface area (Å²) in [6.07, 6.45) is 4.75. The fourth-order valence-corrected chi connectivity index (χ4v) is 4.52. The zero-order chi connectivity index (χ0) is 18.2. The molecule has 8 heteroatoms. The minimum absolute atomic E-state index is 0.113. The molecule has 7 nitrogen and oxygen atoms in total. The second-order valence-corrected chi connectivity index (χ2v) is 9.20. The predicted molar refractivity (Wildman–Crippen MR) is 95.1 cm³/mol. The van der Waals surface area contributed by atoms with E-state index in [4.69, 9.17) is 9.15 Å². The molecule has 2 aromatic rings. The van der Waals surface area contributed by atoms with Crippen LogP contribution < -0.4 is 0 Å². The van der Waals surface area contributed by atoms with Gasteiger partial charge in [-0.2, -0.15) is 4.31 Å². The van der Waals surface area contributed by atoms with Crippen LogP contribution in [0.1, 0.15) is 42.7 Å². The van der Waals surface area contributed by atoms with Crippen molar-refractivity contribution in [2.75, 3.05) is 26.0 Å². The standard InChI is InChI=1S/C18H23N3O4S/c1-26(22,23)21-10-11-24-15(13-21)16-19-20-17(25-16)18(8-5-9-18)12-14-6-3-2-4-7-14/h2-4,6-7,15H,5,8-13H2,1H3/t15-/m1/s1. The summed E-state index contributed by atoms with van der Waals surface area (Å²) in [5.74, 6) is 1.01. The van der Waals surface area contributed by atoms with E-state index in [-0.39, 0.29) is 12.0 Å². The highest BCUT2D eigenvalue weighted by atomic mass is 32.2. The van der Waals surface area contributed by atoms with Crippen molar-refractivity contribution in [2.45, 2.75) is 37.2 Å². The molecule has 0 spiro atoms. The van der Waals surface area contributed by atoms with Gasteiger partial charge in [-0.15, -0.1) is 10.2 Å². The first-order valence-electron chi connectivity index (χ1n) is 8.91. The van der Waals surface area contributed by atoms with Crippen molar-refractivity contribution >= 4 is 10.0 Å². The van der Waals surface area contributed by atoms with Gasteiger partial charge in [0.2, 0.25) is 21.8 Å². The van der Waals surface area contributed by atoms with Gasteiger partial charge in [0.05, 0.1) is 18.3 Å². The van der Waals surface area contributed by atoms with E-state index in [1.165, 1.54) is 16.1 Å². The van der Waals surface area contributed by atoms with Gasteiger partial charge in [-0.3, -0.25) is 0 Å². The van der Waals surface area contributed by atoms with Crippen LogP contribution in [0.15, 0.2) is 34.7 Å². The monoisotopic (exact) mass is 377 g/mol. The van der Waals surface area contributed by atoms with E-state index in [0.717, 1.165) is 25.7 Å². The van der Waals surface area contributed by atoms with Gasteiger partial charge >= 0.3 is 0 Å². The van der Waals surface area contributed by atoms with Crippen LogP contribution in [0.3, 0.4) is 0 Å². The summed E-state index contributed by atoms with van der Waals surface area (Å²) in [5.41, 5.74) is 1.14. The highest BCUT2D eigenvalue weighted by Gasteiger charge is 2.44. The first kappa shape index (κ1) is 17.6. The van der Waals surface area contributed by atoms with E-state index >= 15 is 0 Å². The molecule has 2 fully saturated rings. The van der Waals surface area contributed by atoms with Crippen LogP contribution >= 0.6 is 0 Å². The lowest BCUT2D eigenvalue weighted by Crippen LogP contribution is -2.41. The number of rotatable bonds is 5. The molecule has 0 unspecified atom stereocenters. The van der Waals surface area contributed by atoms with E-state index in [9.17, 15) is 8.42 Å². The number of nitrogens with zero attached hydrogens (tertiary/aromatic N) is 3. The molecule has 1 aliphatic carbocycles.